The predicted octanol–water partition coefficient (Wildman–Crippen LogP) is 1.85. The lowest BCUT2D eigenvalue weighted by Crippen LogP contribution is -2.10. The number of aryl methyl sites for hydroxylation is 2. The van der Waals surface area contributed by atoms with Gasteiger partial charge in [-0.3, -0.25) is 4.79 Å². The summed E-state index contributed by atoms with van der Waals surface area (Å²) in [6, 6.07) is 5.36. The van der Waals surface area contributed by atoms with Crippen LogP contribution >= 0.6 is 0 Å². The molecule has 18 heavy (non-hydrogen) atoms. The topological polar surface area (TPSA) is 57.0 Å². The van der Waals surface area contributed by atoms with Crippen LogP contribution in [-0.4, -0.2) is 27.9 Å². The fraction of sp³-hybridized carbons (Fsp3) is 0.308. The van der Waals surface area contributed by atoms with E-state index in [0.29, 0.717) is 17.8 Å². The van der Waals surface area contributed by atoms with E-state index in [9.17, 15) is 4.79 Å². The maximum atomic E-state index is 12.3. The molecular formula is C13H15N3O2. The van der Waals surface area contributed by atoms with Crippen LogP contribution in [0.4, 0.5) is 0 Å². The number of benzene rings is 1. The molecule has 5 nitrogen and oxygen atoms in total. The highest BCUT2D eigenvalue weighted by Gasteiger charge is 2.15. The molecule has 0 radical (unpaired) electrons. The number of ether oxygens (including phenoxy) is 1. The van der Waals surface area contributed by atoms with E-state index < -0.39 is 0 Å². The van der Waals surface area contributed by atoms with Gasteiger partial charge in [0, 0.05) is 12.1 Å². The highest BCUT2D eigenvalue weighted by atomic mass is 16.5. The Bertz CT molecular complexity index is 575. The molecule has 0 aliphatic carbocycles. The average Bonchev–Trinajstić information content (AvgIpc) is 2.86. The second-order valence-electron chi connectivity index (χ2n) is 3.95. The van der Waals surface area contributed by atoms with Crippen molar-refractivity contribution in [3.63, 3.8) is 0 Å². The van der Waals surface area contributed by atoms with Gasteiger partial charge in [0.25, 0.3) is 0 Å². The largest absolute Gasteiger partial charge is 0.496 e. The summed E-state index contributed by atoms with van der Waals surface area (Å²) in [6.07, 6.45) is 1.49. The molecule has 0 saturated carbocycles. The highest BCUT2D eigenvalue weighted by Crippen LogP contribution is 2.20. The molecule has 0 amide bonds. The van der Waals surface area contributed by atoms with Gasteiger partial charge in [0.15, 0.2) is 0 Å². The number of nitrogens with zero attached hydrogens (tertiary/aromatic N) is 3. The Balaban J connectivity index is 2.37. The van der Waals surface area contributed by atoms with Crippen molar-refractivity contribution in [2.24, 2.45) is 0 Å². The van der Waals surface area contributed by atoms with Crippen LogP contribution < -0.4 is 4.74 Å². The number of hydrogen-bond acceptors (Lipinski definition) is 4. The van der Waals surface area contributed by atoms with Gasteiger partial charge in [0.2, 0.25) is 5.78 Å². The molecule has 0 fully saturated rings. The number of aromatic nitrogens is 3. The zero-order chi connectivity index (χ0) is 13.1. The molecule has 0 unspecified atom stereocenters. The van der Waals surface area contributed by atoms with Crippen LogP contribution in [0.1, 0.15) is 28.5 Å². The Kier molecular flexibility index (Phi) is 3.41. The van der Waals surface area contributed by atoms with Crippen molar-refractivity contribution in [1.29, 1.82) is 0 Å². The standard InChI is InChI=1S/C13H15N3O2/c1-4-16-11(8-14-15-16)13(17)10-5-6-12(18-3)9(2)7-10/h5-8H,4H2,1-3H3. The Labute approximate surface area is 105 Å². The van der Waals surface area contributed by atoms with Crippen molar-refractivity contribution in [2.75, 3.05) is 7.11 Å². The first-order chi connectivity index (χ1) is 8.67. The SMILES string of the molecule is CCn1nncc1C(=O)c1ccc(OC)c(C)c1. The molecule has 0 atom stereocenters. The molecule has 0 bridgehead atoms. The average molecular weight is 245 g/mol. The van der Waals surface area contributed by atoms with E-state index in [-0.39, 0.29) is 5.78 Å². The molecule has 2 aromatic rings. The molecular weight excluding hydrogens is 230 g/mol. The van der Waals surface area contributed by atoms with Gasteiger partial charge in [-0.15, -0.1) is 5.10 Å². The van der Waals surface area contributed by atoms with E-state index in [1.807, 2.05) is 19.9 Å². The fourth-order valence-corrected chi connectivity index (χ4v) is 1.83. The maximum Gasteiger partial charge on any atom is 0.212 e. The minimum absolute atomic E-state index is 0.0763. The van der Waals surface area contributed by atoms with Crippen molar-refractivity contribution >= 4 is 5.78 Å². The van der Waals surface area contributed by atoms with Crippen molar-refractivity contribution < 1.29 is 9.53 Å². The van der Waals surface area contributed by atoms with Crippen molar-refractivity contribution in [2.45, 2.75) is 20.4 Å². The third-order valence-electron chi connectivity index (χ3n) is 2.81. The first kappa shape index (κ1) is 12.3. The summed E-state index contributed by atoms with van der Waals surface area (Å²) < 4.78 is 6.76. The van der Waals surface area contributed by atoms with E-state index in [1.54, 1.807) is 23.9 Å². The van der Waals surface area contributed by atoms with Crippen LogP contribution in [0, 0.1) is 6.92 Å². The van der Waals surface area contributed by atoms with Gasteiger partial charge in [-0.25, -0.2) is 4.68 Å². The first-order valence-corrected chi connectivity index (χ1v) is 5.75. The molecule has 1 heterocycles. The van der Waals surface area contributed by atoms with Gasteiger partial charge in [-0.1, -0.05) is 5.21 Å². The fourth-order valence-electron chi connectivity index (χ4n) is 1.83. The number of carbonyl (C=O) groups excluding carboxylic acids is 1. The lowest BCUT2D eigenvalue weighted by atomic mass is 10.1. The molecule has 0 saturated heterocycles. The van der Waals surface area contributed by atoms with Crippen LogP contribution in [-0.2, 0) is 6.54 Å². The predicted molar refractivity (Wildman–Crippen MR) is 66.9 cm³/mol. The summed E-state index contributed by atoms with van der Waals surface area (Å²) >= 11 is 0. The van der Waals surface area contributed by atoms with E-state index >= 15 is 0 Å². The highest BCUT2D eigenvalue weighted by molar-refractivity contribution is 6.07. The van der Waals surface area contributed by atoms with Gasteiger partial charge in [-0.05, 0) is 37.6 Å². The summed E-state index contributed by atoms with van der Waals surface area (Å²) in [5.74, 6) is 0.696. The molecule has 94 valence electrons. The van der Waals surface area contributed by atoms with Crippen LogP contribution in [0.3, 0.4) is 0 Å². The van der Waals surface area contributed by atoms with Crippen molar-refractivity contribution in [3.8, 4) is 5.75 Å². The second kappa shape index (κ2) is 5.00. The van der Waals surface area contributed by atoms with Crippen LogP contribution in [0.5, 0.6) is 5.75 Å². The van der Waals surface area contributed by atoms with E-state index in [0.717, 1.165) is 11.3 Å². The number of methoxy groups -OCH3 is 1. The third-order valence-corrected chi connectivity index (χ3v) is 2.81. The Morgan fingerprint density at radius 1 is 1.44 bits per heavy atom. The molecule has 5 heteroatoms. The van der Waals surface area contributed by atoms with E-state index in [2.05, 4.69) is 10.3 Å². The minimum atomic E-state index is -0.0763. The van der Waals surface area contributed by atoms with Gasteiger partial charge in [-0.2, -0.15) is 0 Å². The number of rotatable bonds is 4. The smallest absolute Gasteiger partial charge is 0.212 e. The van der Waals surface area contributed by atoms with Crippen LogP contribution in [0.15, 0.2) is 24.4 Å². The van der Waals surface area contributed by atoms with Crippen molar-refractivity contribution in [1.82, 2.24) is 15.0 Å². The number of hydrogen-bond donors (Lipinski definition) is 0. The van der Waals surface area contributed by atoms with Crippen LogP contribution in [0.25, 0.3) is 0 Å². The summed E-state index contributed by atoms with van der Waals surface area (Å²) in [6.45, 7) is 4.45. The Hall–Kier alpha value is -2.17. The monoisotopic (exact) mass is 245 g/mol. The van der Waals surface area contributed by atoms with Crippen LogP contribution in [0.2, 0.25) is 0 Å². The summed E-state index contributed by atoms with van der Waals surface area (Å²) in [7, 11) is 1.61. The molecule has 2 rings (SSSR count). The zero-order valence-corrected chi connectivity index (χ0v) is 10.7. The molecule has 0 aliphatic rings. The molecule has 1 aromatic carbocycles. The maximum absolute atomic E-state index is 12.3. The zero-order valence-electron chi connectivity index (χ0n) is 10.7. The lowest BCUT2D eigenvalue weighted by molar-refractivity contribution is 0.102. The first-order valence-electron chi connectivity index (χ1n) is 5.75. The lowest BCUT2D eigenvalue weighted by Gasteiger charge is -2.07. The summed E-state index contributed by atoms with van der Waals surface area (Å²) in [5.41, 5.74) is 2.05. The Morgan fingerprint density at radius 3 is 2.83 bits per heavy atom. The summed E-state index contributed by atoms with van der Waals surface area (Å²) in [5, 5.41) is 7.62. The minimum Gasteiger partial charge on any atom is -0.496 e. The van der Waals surface area contributed by atoms with Gasteiger partial charge in [0.05, 0.1) is 13.3 Å². The number of carbonyl (C=O) groups is 1. The van der Waals surface area contributed by atoms with Crippen molar-refractivity contribution in [3.05, 3.63) is 41.2 Å². The third kappa shape index (κ3) is 2.11. The molecule has 1 aromatic heterocycles. The Morgan fingerprint density at radius 2 is 2.22 bits per heavy atom. The van der Waals surface area contributed by atoms with E-state index in [4.69, 9.17) is 4.74 Å². The molecule has 0 N–H and O–H groups in total. The molecule has 0 aliphatic heterocycles. The van der Waals surface area contributed by atoms with Gasteiger partial charge >= 0.3 is 0 Å². The van der Waals surface area contributed by atoms with Gasteiger partial charge in [0.1, 0.15) is 11.4 Å². The van der Waals surface area contributed by atoms with Gasteiger partial charge < -0.3 is 4.74 Å². The quantitative estimate of drug-likeness (QED) is 0.771. The number of ketones is 1. The second-order valence-corrected chi connectivity index (χ2v) is 3.95. The summed E-state index contributed by atoms with van der Waals surface area (Å²) in [4.78, 5) is 12.3. The van der Waals surface area contributed by atoms with E-state index in [1.165, 1.54) is 6.20 Å². The molecule has 0 spiro atoms. The normalized spacial score (nSPS) is 10.4.